The number of rotatable bonds is 4. The zero-order chi connectivity index (χ0) is 12.5. The van der Waals surface area contributed by atoms with E-state index in [-0.39, 0.29) is 18.4 Å². The van der Waals surface area contributed by atoms with Crippen molar-refractivity contribution in [3.05, 3.63) is 17.0 Å². The Balaban J connectivity index is 0.00000162. The van der Waals surface area contributed by atoms with Crippen molar-refractivity contribution in [2.24, 2.45) is 5.73 Å². The molecule has 1 fully saturated rings. The van der Waals surface area contributed by atoms with Crippen LogP contribution in [-0.2, 0) is 16.4 Å². The molecule has 0 amide bonds. The highest BCUT2D eigenvalue weighted by molar-refractivity contribution is 7.91. The molecule has 104 valence electrons. The second kappa shape index (κ2) is 6.34. The van der Waals surface area contributed by atoms with Crippen LogP contribution in [0.15, 0.2) is 16.3 Å². The molecule has 4 nitrogen and oxygen atoms in total. The van der Waals surface area contributed by atoms with E-state index in [0.717, 1.165) is 24.1 Å². The average molecular weight is 311 g/mol. The van der Waals surface area contributed by atoms with Crippen LogP contribution in [0.5, 0.6) is 0 Å². The second-order valence-corrected chi connectivity index (χ2v) is 7.51. The Morgan fingerprint density at radius 2 is 2.22 bits per heavy atom. The molecule has 1 saturated heterocycles. The number of hydrogen-bond acceptors (Lipinski definition) is 4. The summed E-state index contributed by atoms with van der Waals surface area (Å²) in [6.07, 6.45) is 2.66. The number of nitrogens with zero attached hydrogens (tertiary/aromatic N) is 1. The summed E-state index contributed by atoms with van der Waals surface area (Å²) in [5.74, 6) is 0. The van der Waals surface area contributed by atoms with Gasteiger partial charge in [-0.1, -0.05) is 6.92 Å². The first kappa shape index (κ1) is 15.9. The Hall–Kier alpha value is -0.140. The smallest absolute Gasteiger partial charge is 0.252 e. The summed E-state index contributed by atoms with van der Waals surface area (Å²) in [6.45, 7) is 3.04. The number of sulfonamides is 1. The fourth-order valence-corrected chi connectivity index (χ4v) is 5.29. The SMILES string of the molecule is CCc1ccc(S(=O)(=O)N2CCCC2CN)s1.Cl. The minimum absolute atomic E-state index is 0. The van der Waals surface area contributed by atoms with Gasteiger partial charge in [0.05, 0.1) is 0 Å². The third-order valence-electron chi connectivity index (χ3n) is 3.14. The molecule has 1 aromatic rings. The van der Waals surface area contributed by atoms with E-state index in [4.69, 9.17) is 5.73 Å². The molecule has 0 spiro atoms. The number of thiophene rings is 1. The molecule has 0 radical (unpaired) electrons. The zero-order valence-corrected chi connectivity index (χ0v) is 12.8. The molecule has 0 bridgehead atoms. The van der Waals surface area contributed by atoms with Gasteiger partial charge < -0.3 is 5.73 Å². The van der Waals surface area contributed by atoms with Gasteiger partial charge in [0.15, 0.2) is 0 Å². The fraction of sp³-hybridized carbons (Fsp3) is 0.636. The van der Waals surface area contributed by atoms with Gasteiger partial charge in [0.2, 0.25) is 0 Å². The molecule has 2 heterocycles. The lowest BCUT2D eigenvalue weighted by atomic mass is 10.2. The van der Waals surface area contributed by atoms with Crippen molar-refractivity contribution < 1.29 is 8.42 Å². The van der Waals surface area contributed by atoms with Gasteiger partial charge in [-0.15, -0.1) is 23.7 Å². The van der Waals surface area contributed by atoms with Crippen LogP contribution in [0.4, 0.5) is 0 Å². The van der Waals surface area contributed by atoms with E-state index in [1.165, 1.54) is 11.3 Å². The predicted octanol–water partition coefficient (Wildman–Crippen LogP) is 1.84. The van der Waals surface area contributed by atoms with E-state index in [0.29, 0.717) is 17.3 Å². The van der Waals surface area contributed by atoms with Crippen LogP contribution in [0, 0.1) is 0 Å². The summed E-state index contributed by atoms with van der Waals surface area (Å²) in [5.41, 5.74) is 5.63. The molecule has 0 saturated carbocycles. The van der Waals surface area contributed by atoms with Crippen molar-refractivity contribution in [1.82, 2.24) is 4.31 Å². The Morgan fingerprint density at radius 1 is 1.50 bits per heavy atom. The van der Waals surface area contributed by atoms with E-state index >= 15 is 0 Å². The number of hydrogen-bond donors (Lipinski definition) is 1. The molecule has 2 rings (SSSR count). The first-order chi connectivity index (χ1) is 8.09. The van der Waals surface area contributed by atoms with Gasteiger partial charge in [-0.2, -0.15) is 4.31 Å². The lowest BCUT2D eigenvalue weighted by Crippen LogP contribution is -2.39. The lowest BCUT2D eigenvalue weighted by molar-refractivity contribution is 0.394. The monoisotopic (exact) mass is 310 g/mol. The van der Waals surface area contributed by atoms with E-state index in [2.05, 4.69) is 0 Å². The van der Waals surface area contributed by atoms with Gasteiger partial charge in [-0.3, -0.25) is 0 Å². The second-order valence-electron chi connectivity index (χ2n) is 4.22. The number of nitrogens with two attached hydrogens (primary N) is 1. The predicted molar refractivity (Wildman–Crippen MR) is 76.9 cm³/mol. The van der Waals surface area contributed by atoms with Gasteiger partial charge in [0, 0.05) is 24.0 Å². The highest BCUT2D eigenvalue weighted by Crippen LogP contribution is 2.30. The van der Waals surface area contributed by atoms with Crippen molar-refractivity contribution in [1.29, 1.82) is 0 Å². The van der Waals surface area contributed by atoms with Crippen molar-refractivity contribution in [2.75, 3.05) is 13.1 Å². The lowest BCUT2D eigenvalue weighted by Gasteiger charge is -2.21. The van der Waals surface area contributed by atoms with E-state index in [9.17, 15) is 8.42 Å². The van der Waals surface area contributed by atoms with Gasteiger partial charge >= 0.3 is 0 Å². The summed E-state index contributed by atoms with van der Waals surface area (Å²) < 4.78 is 26.8. The summed E-state index contributed by atoms with van der Waals surface area (Å²) in [6, 6.07) is 3.59. The van der Waals surface area contributed by atoms with Crippen LogP contribution in [-0.4, -0.2) is 31.9 Å². The Kier molecular flexibility index (Phi) is 5.61. The van der Waals surface area contributed by atoms with Crippen LogP contribution in [0.25, 0.3) is 0 Å². The van der Waals surface area contributed by atoms with Crippen LogP contribution in [0.2, 0.25) is 0 Å². The average Bonchev–Trinajstić information content (AvgIpc) is 2.97. The third-order valence-corrected chi connectivity index (χ3v) is 6.79. The van der Waals surface area contributed by atoms with Crippen molar-refractivity contribution in [2.45, 2.75) is 36.4 Å². The molecule has 1 atom stereocenters. The molecular formula is C11H19ClN2O2S2. The molecule has 0 aliphatic carbocycles. The van der Waals surface area contributed by atoms with Crippen LogP contribution in [0.1, 0.15) is 24.6 Å². The molecule has 1 aliphatic heterocycles. The molecule has 1 unspecified atom stereocenters. The first-order valence-electron chi connectivity index (χ1n) is 5.90. The van der Waals surface area contributed by atoms with Crippen LogP contribution >= 0.6 is 23.7 Å². The number of aryl methyl sites for hydroxylation is 1. The summed E-state index contributed by atoms with van der Waals surface area (Å²) in [4.78, 5) is 1.10. The largest absolute Gasteiger partial charge is 0.329 e. The topological polar surface area (TPSA) is 63.4 Å². The van der Waals surface area contributed by atoms with Crippen molar-refractivity contribution in [3.63, 3.8) is 0 Å². The molecule has 2 N–H and O–H groups in total. The maximum Gasteiger partial charge on any atom is 0.252 e. The Morgan fingerprint density at radius 3 is 2.78 bits per heavy atom. The summed E-state index contributed by atoms with van der Waals surface area (Å²) in [5, 5.41) is 0. The summed E-state index contributed by atoms with van der Waals surface area (Å²) >= 11 is 1.37. The quantitative estimate of drug-likeness (QED) is 0.923. The normalized spacial score (nSPS) is 20.9. The van der Waals surface area contributed by atoms with E-state index in [1.54, 1.807) is 10.4 Å². The van der Waals surface area contributed by atoms with Crippen molar-refractivity contribution >= 4 is 33.8 Å². The third kappa shape index (κ3) is 2.88. The van der Waals surface area contributed by atoms with Gasteiger partial charge in [-0.05, 0) is 31.4 Å². The molecule has 18 heavy (non-hydrogen) atoms. The maximum absolute atomic E-state index is 12.4. The fourth-order valence-electron chi connectivity index (χ4n) is 2.16. The van der Waals surface area contributed by atoms with E-state index in [1.807, 2.05) is 13.0 Å². The molecule has 1 aliphatic rings. The highest BCUT2D eigenvalue weighted by Gasteiger charge is 2.35. The number of halogens is 1. The highest BCUT2D eigenvalue weighted by atomic mass is 35.5. The molecule has 1 aromatic heterocycles. The van der Waals surface area contributed by atoms with Crippen molar-refractivity contribution in [3.8, 4) is 0 Å². The molecule has 7 heteroatoms. The Bertz CT molecular complexity index is 487. The van der Waals surface area contributed by atoms with Crippen LogP contribution in [0.3, 0.4) is 0 Å². The summed E-state index contributed by atoms with van der Waals surface area (Å²) in [7, 11) is -3.32. The van der Waals surface area contributed by atoms with Gasteiger partial charge in [0.1, 0.15) is 4.21 Å². The maximum atomic E-state index is 12.4. The van der Waals surface area contributed by atoms with E-state index < -0.39 is 10.0 Å². The zero-order valence-electron chi connectivity index (χ0n) is 10.3. The molecule has 0 aromatic carbocycles. The minimum Gasteiger partial charge on any atom is -0.329 e. The standard InChI is InChI=1S/C11H18N2O2S2.ClH/c1-2-10-5-6-11(16-10)17(14,15)13-7-3-4-9(13)8-12;/h5-6,9H,2-4,7-8,12H2,1H3;1H. The minimum atomic E-state index is -3.32. The van der Waals surface area contributed by atoms with Gasteiger partial charge in [0.25, 0.3) is 10.0 Å². The first-order valence-corrected chi connectivity index (χ1v) is 8.16. The van der Waals surface area contributed by atoms with Gasteiger partial charge in [-0.25, -0.2) is 8.42 Å². The Labute approximate surface area is 119 Å². The molecular weight excluding hydrogens is 292 g/mol. The van der Waals surface area contributed by atoms with Crippen LogP contribution < -0.4 is 5.73 Å².